The van der Waals surface area contributed by atoms with Gasteiger partial charge in [0.1, 0.15) is 5.82 Å². The number of aryl methyl sites for hydroxylation is 1. The van der Waals surface area contributed by atoms with Crippen molar-refractivity contribution in [2.45, 2.75) is 50.7 Å². The van der Waals surface area contributed by atoms with E-state index in [1.807, 2.05) is 6.92 Å². The van der Waals surface area contributed by atoms with E-state index in [0.29, 0.717) is 19.6 Å². The maximum atomic E-state index is 13.1. The third kappa shape index (κ3) is 4.25. The van der Waals surface area contributed by atoms with Crippen molar-refractivity contribution >= 4 is 15.9 Å². The van der Waals surface area contributed by atoms with E-state index in [0.717, 1.165) is 24.8 Å². The van der Waals surface area contributed by atoms with Crippen molar-refractivity contribution in [1.82, 2.24) is 19.4 Å². The first-order chi connectivity index (χ1) is 13.3. The summed E-state index contributed by atoms with van der Waals surface area (Å²) in [6, 6.07) is 5.39. The third-order valence-corrected chi connectivity index (χ3v) is 6.75. The van der Waals surface area contributed by atoms with Crippen LogP contribution in [0.15, 0.2) is 35.5 Å². The first-order valence-electron chi connectivity index (χ1n) is 9.47. The number of nitrogens with zero attached hydrogens (tertiary/aromatic N) is 3. The van der Waals surface area contributed by atoms with Gasteiger partial charge in [-0.05, 0) is 44.4 Å². The van der Waals surface area contributed by atoms with Crippen molar-refractivity contribution in [2.75, 3.05) is 13.1 Å². The van der Waals surface area contributed by atoms with E-state index in [9.17, 15) is 17.6 Å². The number of hydrogen-bond acceptors (Lipinski definition) is 4. The molecule has 2 heterocycles. The van der Waals surface area contributed by atoms with Gasteiger partial charge in [-0.2, -0.15) is 9.40 Å². The van der Waals surface area contributed by atoms with E-state index < -0.39 is 22.0 Å². The minimum absolute atomic E-state index is 0.0291. The van der Waals surface area contributed by atoms with Gasteiger partial charge in [-0.3, -0.25) is 9.48 Å². The molecule has 1 N–H and O–H groups in total. The molecule has 3 rings (SSSR count). The minimum Gasteiger partial charge on any atom is -0.345 e. The summed E-state index contributed by atoms with van der Waals surface area (Å²) in [6.45, 7) is 4.91. The number of hydrogen-bond donors (Lipinski definition) is 1. The van der Waals surface area contributed by atoms with Crippen LogP contribution in [0.1, 0.15) is 55.1 Å². The lowest BCUT2D eigenvalue weighted by molar-refractivity contribution is 0.0936. The summed E-state index contributed by atoms with van der Waals surface area (Å²) in [7, 11) is -3.84. The molecule has 1 aliphatic rings. The summed E-state index contributed by atoms with van der Waals surface area (Å²) in [5.74, 6) is -0.881. The van der Waals surface area contributed by atoms with Crippen LogP contribution in [0.2, 0.25) is 0 Å². The molecule has 2 aromatic rings. The lowest BCUT2D eigenvalue weighted by Crippen LogP contribution is -2.37. The molecule has 1 aliphatic heterocycles. The molecule has 0 spiro atoms. The molecular formula is C19H25FN4O3S. The highest BCUT2D eigenvalue weighted by molar-refractivity contribution is 7.89. The van der Waals surface area contributed by atoms with Gasteiger partial charge in [0.2, 0.25) is 5.03 Å². The molecule has 152 valence electrons. The molecule has 1 saturated heterocycles. The molecule has 0 unspecified atom stereocenters. The zero-order valence-electron chi connectivity index (χ0n) is 16.1. The Morgan fingerprint density at radius 1 is 1.21 bits per heavy atom. The number of rotatable bonds is 6. The SMILES string of the molecule is CCn1cc(C(=O)N[C@@H](C)c2ccc(F)cc2)c(S(=O)(=O)N2CCCCC2)n1. The summed E-state index contributed by atoms with van der Waals surface area (Å²) >= 11 is 0. The summed E-state index contributed by atoms with van der Waals surface area (Å²) < 4.78 is 42.1. The Balaban J connectivity index is 1.87. The molecule has 1 aromatic heterocycles. The highest BCUT2D eigenvalue weighted by atomic mass is 32.2. The van der Waals surface area contributed by atoms with Crippen LogP contribution < -0.4 is 5.32 Å². The number of aromatic nitrogens is 2. The smallest absolute Gasteiger partial charge is 0.263 e. The van der Waals surface area contributed by atoms with Gasteiger partial charge in [-0.15, -0.1) is 0 Å². The van der Waals surface area contributed by atoms with Crippen molar-refractivity contribution in [3.63, 3.8) is 0 Å². The lowest BCUT2D eigenvalue weighted by atomic mass is 10.1. The molecular weight excluding hydrogens is 383 g/mol. The highest BCUT2D eigenvalue weighted by Crippen LogP contribution is 2.23. The molecule has 1 fully saturated rings. The molecule has 0 aliphatic carbocycles. The van der Waals surface area contributed by atoms with Gasteiger partial charge in [-0.25, -0.2) is 12.8 Å². The molecule has 1 amide bonds. The molecule has 0 bridgehead atoms. The van der Waals surface area contributed by atoms with E-state index in [4.69, 9.17) is 0 Å². The largest absolute Gasteiger partial charge is 0.345 e. The quantitative estimate of drug-likeness (QED) is 0.797. The number of amides is 1. The van der Waals surface area contributed by atoms with Crippen molar-refractivity contribution in [3.8, 4) is 0 Å². The third-order valence-electron chi connectivity index (χ3n) is 4.91. The Labute approximate surface area is 164 Å². The second kappa shape index (κ2) is 8.40. The maximum absolute atomic E-state index is 13.1. The average molecular weight is 408 g/mol. The molecule has 1 atom stereocenters. The predicted molar refractivity (Wildman–Crippen MR) is 103 cm³/mol. The zero-order valence-corrected chi connectivity index (χ0v) is 16.9. The van der Waals surface area contributed by atoms with Crippen LogP contribution >= 0.6 is 0 Å². The van der Waals surface area contributed by atoms with Crippen molar-refractivity contribution in [3.05, 3.63) is 47.4 Å². The van der Waals surface area contributed by atoms with Crippen LogP contribution in [0.5, 0.6) is 0 Å². The van der Waals surface area contributed by atoms with Crippen LogP contribution in [0.25, 0.3) is 0 Å². The Hall–Kier alpha value is -2.26. The summed E-state index contributed by atoms with van der Waals surface area (Å²) in [5.41, 5.74) is 0.749. The fourth-order valence-electron chi connectivity index (χ4n) is 3.25. The number of carbonyl (C=O) groups is 1. The fraction of sp³-hybridized carbons (Fsp3) is 0.474. The van der Waals surface area contributed by atoms with E-state index in [1.54, 1.807) is 19.1 Å². The standard InChI is InChI=1S/C19H25FN4O3S/c1-3-23-13-17(18(25)21-14(2)15-7-9-16(20)10-8-15)19(22-23)28(26,27)24-11-5-4-6-12-24/h7-10,13-14H,3-6,11-12H2,1-2H3,(H,21,25)/t14-/m0/s1. The van der Waals surface area contributed by atoms with Crippen LogP contribution in [0.4, 0.5) is 4.39 Å². The second-order valence-corrected chi connectivity index (χ2v) is 8.77. The monoisotopic (exact) mass is 408 g/mol. The Morgan fingerprint density at radius 3 is 2.46 bits per heavy atom. The van der Waals surface area contributed by atoms with Gasteiger partial charge in [0, 0.05) is 25.8 Å². The first kappa shape index (κ1) is 20.5. The zero-order chi connectivity index (χ0) is 20.3. The summed E-state index contributed by atoms with van der Waals surface area (Å²) in [5, 5.41) is 6.74. The number of piperidine rings is 1. The lowest BCUT2D eigenvalue weighted by Gasteiger charge is -2.25. The van der Waals surface area contributed by atoms with Gasteiger partial charge >= 0.3 is 0 Å². The number of halogens is 1. The van der Waals surface area contributed by atoms with E-state index in [1.165, 1.54) is 27.3 Å². The van der Waals surface area contributed by atoms with Crippen molar-refractivity contribution in [2.24, 2.45) is 0 Å². The number of sulfonamides is 1. The Morgan fingerprint density at radius 2 is 1.86 bits per heavy atom. The minimum atomic E-state index is -3.84. The average Bonchev–Trinajstić information content (AvgIpc) is 3.15. The van der Waals surface area contributed by atoms with E-state index in [2.05, 4.69) is 10.4 Å². The highest BCUT2D eigenvalue weighted by Gasteiger charge is 2.33. The summed E-state index contributed by atoms with van der Waals surface area (Å²) in [4.78, 5) is 12.9. The predicted octanol–water partition coefficient (Wildman–Crippen LogP) is 2.71. The molecule has 28 heavy (non-hydrogen) atoms. The Kier molecular flexibility index (Phi) is 6.14. The van der Waals surface area contributed by atoms with Gasteiger partial charge in [0.05, 0.1) is 11.6 Å². The van der Waals surface area contributed by atoms with Gasteiger partial charge in [-0.1, -0.05) is 18.6 Å². The van der Waals surface area contributed by atoms with Gasteiger partial charge in [0.15, 0.2) is 0 Å². The van der Waals surface area contributed by atoms with Crippen LogP contribution in [0.3, 0.4) is 0 Å². The van der Waals surface area contributed by atoms with E-state index in [-0.39, 0.29) is 16.4 Å². The van der Waals surface area contributed by atoms with Crippen molar-refractivity contribution in [1.29, 1.82) is 0 Å². The maximum Gasteiger partial charge on any atom is 0.263 e. The van der Waals surface area contributed by atoms with Crippen LogP contribution in [-0.2, 0) is 16.6 Å². The topological polar surface area (TPSA) is 84.3 Å². The summed E-state index contributed by atoms with van der Waals surface area (Å²) in [6.07, 6.45) is 4.06. The van der Waals surface area contributed by atoms with Crippen molar-refractivity contribution < 1.29 is 17.6 Å². The number of nitrogens with one attached hydrogen (secondary N) is 1. The number of carbonyl (C=O) groups excluding carboxylic acids is 1. The first-order valence-corrected chi connectivity index (χ1v) is 10.9. The molecule has 0 saturated carbocycles. The Bertz CT molecular complexity index is 935. The molecule has 1 aromatic carbocycles. The van der Waals surface area contributed by atoms with E-state index >= 15 is 0 Å². The van der Waals surface area contributed by atoms with Crippen LogP contribution in [0, 0.1) is 5.82 Å². The molecule has 0 radical (unpaired) electrons. The normalized spacial score (nSPS) is 16.7. The number of benzene rings is 1. The van der Waals surface area contributed by atoms with Gasteiger partial charge in [0.25, 0.3) is 15.9 Å². The molecule has 9 heteroatoms. The second-order valence-electron chi connectivity index (χ2n) is 6.92. The molecule has 7 nitrogen and oxygen atoms in total. The van der Waals surface area contributed by atoms with Gasteiger partial charge < -0.3 is 5.32 Å². The fourth-order valence-corrected chi connectivity index (χ4v) is 4.86. The van der Waals surface area contributed by atoms with Crippen LogP contribution in [-0.4, -0.2) is 41.5 Å².